The highest BCUT2D eigenvalue weighted by Gasteiger charge is 2.21. The highest BCUT2D eigenvalue weighted by atomic mass is 16.3. The smallest absolute Gasteiger partial charge is 0.315 e. The second-order valence-electron chi connectivity index (χ2n) is 7.03. The van der Waals surface area contributed by atoms with E-state index in [1.807, 2.05) is 26.2 Å². The van der Waals surface area contributed by atoms with Crippen LogP contribution in [0.3, 0.4) is 0 Å². The second kappa shape index (κ2) is 10.4. The summed E-state index contributed by atoms with van der Waals surface area (Å²) in [5.41, 5.74) is 1.31. The summed E-state index contributed by atoms with van der Waals surface area (Å²) in [6.45, 7) is 7.40. The Labute approximate surface area is 151 Å². The lowest BCUT2D eigenvalue weighted by molar-refractivity contribution is 0.114. The zero-order valence-electron chi connectivity index (χ0n) is 15.4. The van der Waals surface area contributed by atoms with Crippen molar-refractivity contribution < 1.29 is 9.90 Å². The summed E-state index contributed by atoms with van der Waals surface area (Å²) in [6, 6.07) is 4.18. The van der Waals surface area contributed by atoms with Crippen LogP contribution in [0, 0.1) is 5.92 Å². The Hall–Kier alpha value is -1.66. The molecule has 1 saturated heterocycles. The number of likely N-dealkylation sites (tertiary alicyclic amines) is 1. The zero-order valence-corrected chi connectivity index (χ0v) is 15.4. The quantitative estimate of drug-likeness (QED) is 0.669. The second-order valence-corrected chi connectivity index (χ2v) is 7.03. The van der Waals surface area contributed by atoms with Gasteiger partial charge in [-0.15, -0.1) is 0 Å². The standard InChI is InChI=1S/C19H32N4O2/c1-3-15(2)18(24)14-21-19(25)22-17-7-12-23(13-8-17)11-6-16-4-9-20-10-5-16/h4-5,9-10,15,17-18,24H,3,6-8,11-14H2,1-2H3,(H2,21,22,25). The molecular formula is C19H32N4O2. The van der Waals surface area contributed by atoms with Crippen LogP contribution < -0.4 is 10.6 Å². The number of carbonyl (C=O) groups is 1. The molecule has 2 unspecified atom stereocenters. The molecule has 0 aromatic carbocycles. The minimum Gasteiger partial charge on any atom is -0.391 e. The van der Waals surface area contributed by atoms with Gasteiger partial charge < -0.3 is 20.6 Å². The summed E-state index contributed by atoms with van der Waals surface area (Å²) in [5.74, 6) is 0.198. The number of carbonyl (C=O) groups excluding carboxylic acids is 1. The van der Waals surface area contributed by atoms with Crippen LogP contribution in [0.5, 0.6) is 0 Å². The highest BCUT2D eigenvalue weighted by Crippen LogP contribution is 2.11. The van der Waals surface area contributed by atoms with E-state index in [1.165, 1.54) is 5.56 Å². The first-order valence-electron chi connectivity index (χ1n) is 9.42. The largest absolute Gasteiger partial charge is 0.391 e. The van der Waals surface area contributed by atoms with Crippen LogP contribution in [-0.4, -0.2) is 59.3 Å². The molecule has 1 aromatic rings. The first kappa shape index (κ1) is 19.7. The first-order valence-corrected chi connectivity index (χ1v) is 9.42. The SMILES string of the molecule is CCC(C)C(O)CNC(=O)NC1CCN(CCc2ccncc2)CC1. The third-order valence-electron chi connectivity index (χ3n) is 5.16. The highest BCUT2D eigenvalue weighted by molar-refractivity contribution is 5.74. The van der Waals surface area contributed by atoms with Gasteiger partial charge in [-0.2, -0.15) is 0 Å². The Morgan fingerprint density at radius 1 is 1.36 bits per heavy atom. The fourth-order valence-corrected chi connectivity index (χ4v) is 3.04. The van der Waals surface area contributed by atoms with Gasteiger partial charge in [0, 0.05) is 44.6 Å². The third-order valence-corrected chi connectivity index (χ3v) is 5.16. The molecule has 140 valence electrons. The third kappa shape index (κ3) is 7.00. The van der Waals surface area contributed by atoms with Crippen molar-refractivity contribution in [3.63, 3.8) is 0 Å². The molecule has 2 atom stereocenters. The number of aliphatic hydroxyl groups is 1. The van der Waals surface area contributed by atoms with Gasteiger partial charge in [-0.1, -0.05) is 20.3 Å². The van der Waals surface area contributed by atoms with E-state index in [2.05, 4.69) is 32.7 Å². The minimum absolute atomic E-state index is 0.169. The number of aromatic nitrogens is 1. The van der Waals surface area contributed by atoms with Crippen molar-refractivity contribution in [2.24, 2.45) is 5.92 Å². The number of rotatable bonds is 8. The molecule has 6 heteroatoms. The number of nitrogens with one attached hydrogen (secondary N) is 2. The fourth-order valence-electron chi connectivity index (χ4n) is 3.04. The van der Waals surface area contributed by atoms with Gasteiger partial charge in [-0.05, 0) is 42.9 Å². The van der Waals surface area contributed by atoms with Crippen LogP contribution in [-0.2, 0) is 6.42 Å². The van der Waals surface area contributed by atoms with E-state index in [0.717, 1.165) is 45.3 Å². The van der Waals surface area contributed by atoms with Gasteiger partial charge in [0.2, 0.25) is 0 Å². The van der Waals surface area contributed by atoms with Gasteiger partial charge >= 0.3 is 6.03 Å². The zero-order chi connectivity index (χ0) is 18.1. The van der Waals surface area contributed by atoms with E-state index in [4.69, 9.17) is 0 Å². The summed E-state index contributed by atoms with van der Waals surface area (Å²) in [4.78, 5) is 18.5. The minimum atomic E-state index is -0.481. The van der Waals surface area contributed by atoms with Crippen molar-refractivity contribution in [3.8, 4) is 0 Å². The lowest BCUT2D eigenvalue weighted by Gasteiger charge is -2.32. The van der Waals surface area contributed by atoms with Crippen LogP contribution in [0.25, 0.3) is 0 Å². The number of piperidine rings is 1. The van der Waals surface area contributed by atoms with E-state index in [0.29, 0.717) is 6.54 Å². The van der Waals surface area contributed by atoms with E-state index in [1.54, 1.807) is 0 Å². The van der Waals surface area contributed by atoms with Crippen LogP contribution in [0.1, 0.15) is 38.7 Å². The molecule has 3 N–H and O–H groups in total. The predicted molar refractivity (Wildman–Crippen MR) is 99.4 cm³/mol. The number of amides is 2. The molecule has 1 aromatic heterocycles. The first-order chi connectivity index (χ1) is 12.1. The molecule has 2 heterocycles. The molecule has 1 aliphatic rings. The predicted octanol–water partition coefficient (Wildman–Crippen LogP) is 1.79. The number of pyridine rings is 1. The molecule has 0 spiro atoms. The number of urea groups is 1. The van der Waals surface area contributed by atoms with E-state index >= 15 is 0 Å². The van der Waals surface area contributed by atoms with Gasteiger partial charge in [0.15, 0.2) is 0 Å². The van der Waals surface area contributed by atoms with Crippen LogP contribution in [0.15, 0.2) is 24.5 Å². The van der Waals surface area contributed by atoms with E-state index < -0.39 is 6.10 Å². The normalized spacial score (nSPS) is 18.5. The monoisotopic (exact) mass is 348 g/mol. The Balaban J connectivity index is 1.60. The molecule has 0 bridgehead atoms. The Kier molecular flexibility index (Phi) is 8.15. The van der Waals surface area contributed by atoms with Gasteiger partial charge in [-0.3, -0.25) is 4.98 Å². The van der Waals surface area contributed by atoms with Crippen molar-refractivity contribution in [2.45, 2.75) is 51.7 Å². The van der Waals surface area contributed by atoms with E-state index in [9.17, 15) is 9.90 Å². The molecule has 0 aliphatic carbocycles. The summed E-state index contributed by atoms with van der Waals surface area (Å²) in [7, 11) is 0. The van der Waals surface area contributed by atoms with Crippen LogP contribution in [0.4, 0.5) is 4.79 Å². The lowest BCUT2D eigenvalue weighted by atomic mass is 10.0. The fraction of sp³-hybridized carbons (Fsp3) is 0.684. The van der Waals surface area contributed by atoms with Crippen LogP contribution in [0.2, 0.25) is 0 Å². The van der Waals surface area contributed by atoms with Crippen LogP contribution >= 0.6 is 0 Å². The van der Waals surface area contributed by atoms with E-state index in [-0.39, 0.29) is 18.0 Å². The van der Waals surface area contributed by atoms with Crippen molar-refractivity contribution in [2.75, 3.05) is 26.2 Å². The molecular weight excluding hydrogens is 316 g/mol. The van der Waals surface area contributed by atoms with Gasteiger partial charge in [0.05, 0.1) is 6.10 Å². The van der Waals surface area contributed by atoms with Crippen molar-refractivity contribution >= 4 is 6.03 Å². The molecule has 25 heavy (non-hydrogen) atoms. The van der Waals surface area contributed by atoms with Crippen molar-refractivity contribution in [1.29, 1.82) is 0 Å². The Bertz CT molecular complexity index is 503. The lowest BCUT2D eigenvalue weighted by Crippen LogP contribution is -2.49. The molecule has 6 nitrogen and oxygen atoms in total. The number of aliphatic hydroxyl groups excluding tert-OH is 1. The molecule has 1 fully saturated rings. The maximum Gasteiger partial charge on any atom is 0.315 e. The molecule has 0 radical (unpaired) electrons. The van der Waals surface area contributed by atoms with Crippen molar-refractivity contribution in [3.05, 3.63) is 30.1 Å². The average Bonchev–Trinajstić information content (AvgIpc) is 2.65. The summed E-state index contributed by atoms with van der Waals surface area (Å²) < 4.78 is 0. The molecule has 1 aliphatic heterocycles. The van der Waals surface area contributed by atoms with Gasteiger partial charge in [0.25, 0.3) is 0 Å². The summed E-state index contributed by atoms with van der Waals surface area (Å²) >= 11 is 0. The summed E-state index contributed by atoms with van der Waals surface area (Å²) in [6.07, 6.45) is 7.07. The van der Waals surface area contributed by atoms with Gasteiger partial charge in [-0.25, -0.2) is 4.79 Å². The number of hydrogen-bond donors (Lipinski definition) is 3. The number of hydrogen-bond acceptors (Lipinski definition) is 4. The molecule has 0 saturated carbocycles. The Morgan fingerprint density at radius 2 is 2.04 bits per heavy atom. The van der Waals surface area contributed by atoms with Crippen molar-refractivity contribution in [1.82, 2.24) is 20.5 Å². The Morgan fingerprint density at radius 3 is 2.68 bits per heavy atom. The molecule has 2 amide bonds. The molecule has 2 rings (SSSR count). The summed E-state index contributed by atoms with van der Waals surface area (Å²) in [5, 5.41) is 15.7. The number of nitrogens with zero attached hydrogens (tertiary/aromatic N) is 2. The maximum atomic E-state index is 12.0. The maximum absolute atomic E-state index is 12.0. The topological polar surface area (TPSA) is 77.5 Å². The van der Waals surface area contributed by atoms with Gasteiger partial charge in [0.1, 0.15) is 0 Å². The average molecular weight is 348 g/mol.